The Morgan fingerprint density at radius 1 is 1.43 bits per heavy atom. The number of aromatic nitrogens is 1. The second-order valence-corrected chi connectivity index (χ2v) is 5.73. The summed E-state index contributed by atoms with van der Waals surface area (Å²) in [6.07, 6.45) is 1.78. The van der Waals surface area contributed by atoms with Gasteiger partial charge in [-0.05, 0) is 38.8 Å². The van der Waals surface area contributed by atoms with Gasteiger partial charge in [-0.1, -0.05) is 5.16 Å². The van der Waals surface area contributed by atoms with Crippen LogP contribution >= 0.6 is 0 Å². The molecule has 2 heterocycles. The van der Waals surface area contributed by atoms with Crippen LogP contribution in [0.5, 0.6) is 0 Å². The number of hydrogen-bond donors (Lipinski definition) is 0. The number of carbonyl (C=O) groups excluding carboxylic acids is 1. The minimum atomic E-state index is -0.439. The minimum absolute atomic E-state index is 0.0469. The smallest absolute Gasteiger partial charge is 0.293 e. The summed E-state index contributed by atoms with van der Waals surface area (Å²) in [5.41, 5.74) is 1.59. The third-order valence-corrected chi connectivity index (χ3v) is 4.13. The fourth-order valence-corrected chi connectivity index (χ4v) is 3.04. The first-order valence-electron chi connectivity index (χ1n) is 7.46. The number of ketones is 1. The molecule has 0 aliphatic carbocycles. The molecule has 3 rings (SSSR count). The Morgan fingerprint density at radius 2 is 2.22 bits per heavy atom. The number of rotatable bonds is 4. The maximum Gasteiger partial charge on any atom is 0.293 e. The van der Waals surface area contributed by atoms with Crippen molar-refractivity contribution in [3.63, 3.8) is 0 Å². The van der Waals surface area contributed by atoms with E-state index in [1.807, 2.05) is 17.9 Å². The van der Waals surface area contributed by atoms with Crippen LogP contribution in [0.25, 0.3) is 0 Å². The van der Waals surface area contributed by atoms with Gasteiger partial charge in [0.2, 0.25) is 0 Å². The van der Waals surface area contributed by atoms with Gasteiger partial charge in [0.05, 0.1) is 11.0 Å². The molecular weight excluding hydrogens is 298 g/mol. The molecule has 0 bridgehead atoms. The Morgan fingerprint density at radius 3 is 2.83 bits per heavy atom. The molecule has 1 saturated heterocycles. The Kier molecular flexibility index (Phi) is 3.85. The zero-order valence-corrected chi connectivity index (χ0v) is 13.0. The van der Waals surface area contributed by atoms with Gasteiger partial charge in [-0.15, -0.1) is 0 Å². The molecule has 1 fully saturated rings. The minimum Gasteiger partial charge on any atom is -0.361 e. The van der Waals surface area contributed by atoms with E-state index in [0.717, 1.165) is 18.5 Å². The van der Waals surface area contributed by atoms with Crippen LogP contribution in [-0.2, 0) is 0 Å². The SMILES string of the molecule is CC(=O)c1ccc(N2CCCC2c2cc(C)on2)c([N+](=O)[O-])c1. The van der Waals surface area contributed by atoms with E-state index in [2.05, 4.69) is 5.16 Å². The predicted molar refractivity (Wildman–Crippen MR) is 83.7 cm³/mol. The molecule has 0 radical (unpaired) electrons. The third-order valence-electron chi connectivity index (χ3n) is 4.13. The summed E-state index contributed by atoms with van der Waals surface area (Å²) in [6.45, 7) is 3.92. The van der Waals surface area contributed by atoms with Crippen molar-refractivity contribution in [1.29, 1.82) is 0 Å². The zero-order chi connectivity index (χ0) is 16.6. The molecule has 120 valence electrons. The number of benzene rings is 1. The molecule has 0 amide bonds. The zero-order valence-electron chi connectivity index (χ0n) is 13.0. The molecule has 7 nitrogen and oxygen atoms in total. The van der Waals surface area contributed by atoms with Crippen LogP contribution in [0.4, 0.5) is 11.4 Å². The van der Waals surface area contributed by atoms with Gasteiger partial charge < -0.3 is 9.42 Å². The molecule has 23 heavy (non-hydrogen) atoms. The number of aryl methyl sites for hydroxylation is 1. The lowest BCUT2D eigenvalue weighted by atomic mass is 10.1. The molecule has 2 aromatic rings. The topological polar surface area (TPSA) is 89.5 Å². The first-order valence-corrected chi connectivity index (χ1v) is 7.46. The molecule has 0 saturated carbocycles. The van der Waals surface area contributed by atoms with Crippen LogP contribution in [0.15, 0.2) is 28.8 Å². The van der Waals surface area contributed by atoms with Gasteiger partial charge in [0, 0.05) is 24.2 Å². The van der Waals surface area contributed by atoms with Crippen molar-refractivity contribution >= 4 is 17.2 Å². The van der Waals surface area contributed by atoms with Crippen molar-refractivity contribution in [2.75, 3.05) is 11.4 Å². The molecule has 1 unspecified atom stereocenters. The van der Waals surface area contributed by atoms with Gasteiger partial charge in [0.15, 0.2) is 5.78 Å². The lowest BCUT2D eigenvalue weighted by molar-refractivity contribution is -0.384. The Labute approximate surface area is 133 Å². The summed E-state index contributed by atoms with van der Waals surface area (Å²) in [4.78, 5) is 24.4. The molecule has 1 aromatic heterocycles. The summed E-state index contributed by atoms with van der Waals surface area (Å²) in [6, 6.07) is 6.45. The van der Waals surface area contributed by atoms with E-state index in [0.29, 0.717) is 23.6 Å². The van der Waals surface area contributed by atoms with Crippen molar-refractivity contribution < 1.29 is 14.2 Å². The van der Waals surface area contributed by atoms with Crippen molar-refractivity contribution in [2.45, 2.75) is 32.7 Å². The largest absolute Gasteiger partial charge is 0.361 e. The van der Waals surface area contributed by atoms with Gasteiger partial charge in [-0.3, -0.25) is 14.9 Å². The number of nitrogens with zero attached hydrogens (tertiary/aromatic N) is 3. The van der Waals surface area contributed by atoms with Gasteiger partial charge in [-0.2, -0.15) is 0 Å². The van der Waals surface area contributed by atoms with E-state index >= 15 is 0 Å². The molecule has 0 spiro atoms. The Bertz CT molecular complexity index is 768. The van der Waals surface area contributed by atoms with Crippen LogP contribution < -0.4 is 4.90 Å². The molecular formula is C16H17N3O4. The average Bonchev–Trinajstić information content (AvgIpc) is 3.14. The number of carbonyl (C=O) groups is 1. The van der Waals surface area contributed by atoms with Gasteiger partial charge in [-0.25, -0.2) is 0 Å². The van der Waals surface area contributed by atoms with Crippen molar-refractivity contribution in [3.05, 3.63) is 51.4 Å². The van der Waals surface area contributed by atoms with Crippen LogP contribution in [0.2, 0.25) is 0 Å². The van der Waals surface area contributed by atoms with Crippen LogP contribution in [0.1, 0.15) is 47.6 Å². The number of nitro groups is 1. The van der Waals surface area contributed by atoms with Gasteiger partial charge in [0.25, 0.3) is 5.69 Å². The number of anilines is 1. The summed E-state index contributed by atoms with van der Waals surface area (Å²) < 4.78 is 5.13. The van der Waals surface area contributed by atoms with Crippen LogP contribution in [0.3, 0.4) is 0 Å². The normalized spacial score (nSPS) is 17.5. The molecule has 7 heteroatoms. The molecule has 0 N–H and O–H groups in total. The molecule has 1 aliphatic heterocycles. The maximum atomic E-state index is 11.5. The predicted octanol–water partition coefficient (Wildman–Crippen LogP) is 3.44. The highest BCUT2D eigenvalue weighted by atomic mass is 16.6. The van der Waals surface area contributed by atoms with Crippen molar-refractivity contribution in [1.82, 2.24) is 5.16 Å². The monoisotopic (exact) mass is 315 g/mol. The van der Waals surface area contributed by atoms with E-state index in [4.69, 9.17) is 4.52 Å². The third kappa shape index (κ3) is 2.81. The van der Waals surface area contributed by atoms with Crippen LogP contribution in [-0.4, -0.2) is 22.4 Å². The van der Waals surface area contributed by atoms with E-state index in [9.17, 15) is 14.9 Å². The highest BCUT2D eigenvalue weighted by Gasteiger charge is 2.32. The Hall–Kier alpha value is -2.70. The first kappa shape index (κ1) is 15.2. The highest BCUT2D eigenvalue weighted by molar-refractivity contribution is 5.95. The standard InChI is InChI=1S/C16H17N3O4/c1-10-8-13(17-23-10)14-4-3-7-18(14)15-6-5-12(11(2)20)9-16(15)19(21)22/h5-6,8-9,14H,3-4,7H2,1-2H3. The van der Waals surface area contributed by atoms with Crippen molar-refractivity contribution in [2.24, 2.45) is 0 Å². The van der Waals surface area contributed by atoms with E-state index in [-0.39, 0.29) is 17.5 Å². The fourth-order valence-electron chi connectivity index (χ4n) is 3.04. The summed E-state index contributed by atoms with van der Waals surface area (Å²) in [5, 5.41) is 15.5. The molecule has 1 atom stereocenters. The highest BCUT2D eigenvalue weighted by Crippen LogP contribution is 2.40. The second-order valence-electron chi connectivity index (χ2n) is 5.73. The van der Waals surface area contributed by atoms with E-state index in [1.54, 1.807) is 12.1 Å². The lowest BCUT2D eigenvalue weighted by Gasteiger charge is -2.25. The Balaban J connectivity index is 2.02. The van der Waals surface area contributed by atoms with Crippen LogP contribution in [0, 0.1) is 17.0 Å². The van der Waals surface area contributed by atoms with E-state index < -0.39 is 4.92 Å². The fraction of sp³-hybridized carbons (Fsp3) is 0.375. The summed E-state index contributed by atoms with van der Waals surface area (Å²) in [5.74, 6) is 0.526. The second kappa shape index (κ2) is 5.83. The average molecular weight is 315 g/mol. The number of hydrogen-bond acceptors (Lipinski definition) is 6. The number of nitro benzene ring substituents is 1. The van der Waals surface area contributed by atoms with Gasteiger partial charge >= 0.3 is 0 Å². The lowest BCUT2D eigenvalue weighted by Crippen LogP contribution is -2.23. The van der Waals surface area contributed by atoms with E-state index in [1.165, 1.54) is 13.0 Å². The van der Waals surface area contributed by atoms with Gasteiger partial charge in [0.1, 0.15) is 17.1 Å². The summed E-state index contributed by atoms with van der Waals surface area (Å²) >= 11 is 0. The summed E-state index contributed by atoms with van der Waals surface area (Å²) in [7, 11) is 0. The first-order chi connectivity index (χ1) is 11.0. The number of Topliss-reactive ketones (excluding diaryl/α,β-unsaturated/α-hetero) is 1. The molecule has 1 aromatic carbocycles. The maximum absolute atomic E-state index is 11.5. The van der Waals surface area contributed by atoms with Crippen molar-refractivity contribution in [3.8, 4) is 0 Å². The quantitative estimate of drug-likeness (QED) is 0.488. The molecule has 1 aliphatic rings.